The van der Waals surface area contributed by atoms with Crippen molar-refractivity contribution < 1.29 is 4.79 Å². The van der Waals surface area contributed by atoms with Gasteiger partial charge in [0.15, 0.2) is 5.52 Å². The summed E-state index contributed by atoms with van der Waals surface area (Å²) in [5.41, 5.74) is 0.136. The van der Waals surface area contributed by atoms with Gasteiger partial charge in [-0.2, -0.15) is 0 Å². The maximum absolute atomic E-state index is 13.3. The van der Waals surface area contributed by atoms with E-state index in [-0.39, 0.29) is 24.5 Å². The molecule has 158 valence electrons. The van der Waals surface area contributed by atoms with Crippen molar-refractivity contribution in [2.24, 2.45) is 0 Å². The van der Waals surface area contributed by atoms with Gasteiger partial charge in [-0.1, -0.05) is 42.5 Å². The number of hydrogen-bond acceptors (Lipinski definition) is 5. The number of nitrogens with zero attached hydrogens (tertiary/aromatic N) is 3. The van der Waals surface area contributed by atoms with Gasteiger partial charge in [0, 0.05) is 22.1 Å². The average molecular weight is 443 g/mol. The number of fused-ring (bicyclic) bond motifs is 2. The molecular weight excluding hydrogens is 424 g/mol. The summed E-state index contributed by atoms with van der Waals surface area (Å²) in [6.45, 7) is -0.109. The molecule has 5 rings (SSSR count). The Morgan fingerprint density at radius 1 is 0.938 bits per heavy atom. The molecule has 0 radical (unpaired) electrons. The molecule has 0 aliphatic heterocycles. The van der Waals surface area contributed by atoms with E-state index < -0.39 is 11.2 Å². The molecule has 0 saturated carbocycles. The number of nitrogens with one attached hydrogen (secondary N) is 1. The van der Waals surface area contributed by atoms with Crippen LogP contribution >= 0.6 is 11.3 Å². The van der Waals surface area contributed by atoms with E-state index >= 15 is 0 Å². The van der Waals surface area contributed by atoms with E-state index in [9.17, 15) is 14.4 Å². The van der Waals surface area contributed by atoms with Crippen LogP contribution in [0.2, 0.25) is 0 Å². The number of thiophene rings is 1. The highest BCUT2D eigenvalue weighted by Gasteiger charge is 2.17. The first-order valence-electron chi connectivity index (χ1n) is 10.0. The third-order valence-electron chi connectivity index (χ3n) is 5.25. The molecule has 3 heterocycles. The summed E-state index contributed by atoms with van der Waals surface area (Å²) in [4.78, 5) is 44.2. The zero-order valence-electron chi connectivity index (χ0n) is 16.9. The third-order valence-corrected chi connectivity index (χ3v) is 6.11. The van der Waals surface area contributed by atoms with E-state index in [0.717, 1.165) is 20.2 Å². The minimum Gasteiger partial charge on any atom is -0.324 e. The molecule has 0 aliphatic rings. The molecule has 0 bridgehead atoms. The van der Waals surface area contributed by atoms with Crippen LogP contribution in [0.3, 0.4) is 0 Å². The molecule has 7 nitrogen and oxygen atoms in total. The second kappa shape index (κ2) is 8.24. The van der Waals surface area contributed by atoms with E-state index in [1.807, 2.05) is 60.0 Å². The molecule has 0 saturated heterocycles. The van der Waals surface area contributed by atoms with Crippen LogP contribution in [0.15, 0.2) is 87.9 Å². The molecule has 8 heteroatoms. The van der Waals surface area contributed by atoms with Gasteiger partial charge in [0.25, 0.3) is 5.56 Å². The lowest BCUT2D eigenvalue weighted by molar-refractivity contribution is -0.116. The Morgan fingerprint density at radius 3 is 2.62 bits per heavy atom. The predicted molar refractivity (Wildman–Crippen MR) is 126 cm³/mol. The Bertz CT molecular complexity index is 1560. The monoisotopic (exact) mass is 442 g/mol. The first-order valence-corrected chi connectivity index (χ1v) is 10.9. The first kappa shape index (κ1) is 19.9. The number of carbonyl (C=O) groups excluding carboxylic acids is 1. The van der Waals surface area contributed by atoms with Crippen molar-refractivity contribution >= 4 is 44.7 Å². The summed E-state index contributed by atoms with van der Waals surface area (Å²) in [5.74, 6) is -0.366. The van der Waals surface area contributed by atoms with E-state index in [1.165, 1.54) is 22.1 Å². The molecule has 32 heavy (non-hydrogen) atoms. The van der Waals surface area contributed by atoms with Crippen LogP contribution < -0.4 is 16.6 Å². The first-order chi connectivity index (χ1) is 15.6. The van der Waals surface area contributed by atoms with Gasteiger partial charge < -0.3 is 5.32 Å². The highest BCUT2D eigenvalue weighted by Crippen LogP contribution is 2.23. The van der Waals surface area contributed by atoms with Crippen LogP contribution in [0, 0.1) is 0 Å². The topological polar surface area (TPSA) is 86.0 Å². The number of rotatable bonds is 5. The van der Waals surface area contributed by atoms with Gasteiger partial charge in [0.2, 0.25) is 5.91 Å². The maximum Gasteiger partial charge on any atom is 0.332 e. The number of pyridine rings is 1. The number of aromatic nitrogens is 3. The third kappa shape index (κ3) is 3.61. The molecule has 2 aromatic carbocycles. The minimum absolute atomic E-state index is 0.132. The fourth-order valence-electron chi connectivity index (χ4n) is 3.76. The van der Waals surface area contributed by atoms with Crippen molar-refractivity contribution in [3.05, 3.63) is 104 Å². The van der Waals surface area contributed by atoms with Crippen LogP contribution in [-0.2, 0) is 17.9 Å². The fraction of sp³-hybridized carbons (Fsp3) is 0.0833. The predicted octanol–water partition coefficient (Wildman–Crippen LogP) is 3.46. The molecule has 0 atom stereocenters. The Morgan fingerprint density at radius 2 is 1.78 bits per heavy atom. The normalized spacial score (nSPS) is 11.1. The zero-order chi connectivity index (χ0) is 22.1. The Hall–Kier alpha value is -4.04. The number of benzene rings is 2. The van der Waals surface area contributed by atoms with Gasteiger partial charge in [-0.3, -0.25) is 18.7 Å². The molecule has 0 aliphatic carbocycles. The minimum atomic E-state index is -0.544. The lowest BCUT2D eigenvalue weighted by Gasteiger charge is -2.14. The lowest BCUT2D eigenvalue weighted by atomic mass is 10.1. The Labute approximate surface area is 186 Å². The van der Waals surface area contributed by atoms with Crippen LogP contribution in [0.1, 0.15) is 4.88 Å². The van der Waals surface area contributed by atoms with E-state index in [4.69, 9.17) is 0 Å². The second-order valence-corrected chi connectivity index (χ2v) is 8.32. The van der Waals surface area contributed by atoms with E-state index in [2.05, 4.69) is 10.3 Å². The maximum atomic E-state index is 13.3. The molecule has 0 unspecified atom stereocenters. The second-order valence-electron chi connectivity index (χ2n) is 7.29. The summed E-state index contributed by atoms with van der Waals surface area (Å²) in [6, 6.07) is 20.4. The van der Waals surface area contributed by atoms with Crippen molar-refractivity contribution in [1.29, 1.82) is 0 Å². The van der Waals surface area contributed by atoms with Crippen LogP contribution in [-0.4, -0.2) is 20.0 Å². The van der Waals surface area contributed by atoms with Gasteiger partial charge in [-0.25, -0.2) is 9.78 Å². The number of anilines is 1. The Balaban J connectivity index is 1.55. The fourth-order valence-corrected chi connectivity index (χ4v) is 4.45. The highest BCUT2D eigenvalue weighted by molar-refractivity contribution is 7.09. The van der Waals surface area contributed by atoms with Crippen molar-refractivity contribution in [3.8, 4) is 0 Å². The molecule has 1 amide bonds. The van der Waals surface area contributed by atoms with Gasteiger partial charge in [0.1, 0.15) is 6.54 Å². The molecule has 0 spiro atoms. The molecule has 5 aromatic rings. The van der Waals surface area contributed by atoms with Crippen molar-refractivity contribution in [2.75, 3.05) is 5.32 Å². The van der Waals surface area contributed by atoms with Crippen molar-refractivity contribution in [3.63, 3.8) is 0 Å². The average Bonchev–Trinajstić information content (AvgIpc) is 3.33. The molecular formula is C24H18N4O3S. The van der Waals surface area contributed by atoms with E-state index in [0.29, 0.717) is 11.2 Å². The van der Waals surface area contributed by atoms with Gasteiger partial charge in [0.05, 0.1) is 12.1 Å². The van der Waals surface area contributed by atoms with Gasteiger partial charge in [-0.15, -0.1) is 11.3 Å². The van der Waals surface area contributed by atoms with Crippen LogP contribution in [0.25, 0.3) is 21.8 Å². The zero-order valence-corrected chi connectivity index (χ0v) is 17.7. The number of hydrogen-bond donors (Lipinski definition) is 1. The standard InChI is InChI=1S/C24H18N4O3S/c29-21(26-19-10-3-7-16-6-1-2-9-18(16)19)15-27-20-11-4-12-25-22(20)23(30)28(24(27)31)14-17-8-5-13-32-17/h1-13H,14-15H2,(H,26,29). The van der Waals surface area contributed by atoms with Gasteiger partial charge in [-0.05, 0) is 35.0 Å². The van der Waals surface area contributed by atoms with Crippen LogP contribution in [0.5, 0.6) is 0 Å². The van der Waals surface area contributed by atoms with Gasteiger partial charge >= 0.3 is 5.69 Å². The summed E-state index contributed by atoms with van der Waals surface area (Å²) in [5, 5.41) is 6.69. The number of amides is 1. The smallest absolute Gasteiger partial charge is 0.324 e. The van der Waals surface area contributed by atoms with Crippen LogP contribution in [0.4, 0.5) is 5.69 Å². The van der Waals surface area contributed by atoms with Crippen molar-refractivity contribution in [2.45, 2.75) is 13.1 Å². The Kier molecular flexibility index (Phi) is 5.12. The summed E-state index contributed by atoms with van der Waals surface area (Å²) in [6.07, 6.45) is 1.50. The largest absolute Gasteiger partial charge is 0.332 e. The summed E-state index contributed by atoms with van der Waals surface area (Å²) in [7, 11) is 0. The molecule has 0 fully saturated rings. The highest BCUT2D eigenvalue weighted by atomic mass is 32.1. The summed E-state index contributed by atoms with van der Waals surface area (Å²) < 4.78 is 2.43. The lowest BCUT2D eigenvalue weighted by Crippen LogP contribution is -2.42. The molecule has 1 N–H and O–H groups in total. The van der Waals surface area contributed by atoms with Crippen molar-refractivity contribution in [1.82, 2.24) is 14.1 Å². The molecule has 3 aromatic heterocycles. The van der Waals surface area contributed by atoms with E-state index in [1.54, 1.807) is 12.1 Å². The summed E-state index contributed by atoms with van der Waals surface area (Å²) >= 11 is 1.46. The number of carbonyl (C=O) groups is 1. The SMILES string of the molecule is O=C(Cn1c(=O)n(Cc2cccs2)c(=O)c2ncccc21)Nc1cccc2ccccc12. The quantitative estimate of drug-likeness (QED) is 0.452.